The molecule has 1 amide bonds. The minimum atomic E-state index is -2.95. The van der Waals surface area contributed by atoms with Gasteiger partial charge in [-0.05, 0) is 25.3 Å². The van der Waals surface area contributed by atoms with Gasteiger partial charge in [0.15, 0.2) is 9.84 Å². The van der Waals surface area contributed by atoms with Crippen LogP contribution in [0, 0.1) is 5.92 Å². The van der Waals surface area contributed by atoms with E-state index in [1.807, 2.05) is 6.92 Å². The molecule has 0 aromatic heterocycles. The largest absolute Gasteiger partial charge is 0.352 e. The zero-order chi connectivity index (χ0) is 12.2. The Morgan fingerprint density at radius 3 is 2.81 bits per heavy atom. The van der Waals surface area contributed by atoms with Gasteiger partial charge in [-0.1, -0.05) is 6.92 Å². The smallest absolute Gasteiger partial charge is 0.220 e. The van der Waals surface area contributed by atoms with Gasteiger partial charge in [-0.2, -0.15) is 0 Å². The summed E-state index contributed by atoms with van der Waals surface area (Å²) in [4.78, 5) is 11.5. The summed E-state index contributed by atoms with van der Waals surface area (Å²) in [7, 11) is -2.95. The number of amides is 1. The fourth-order valence-corrected chi connectivity index (χ4v) is 3.46. The Balaban J connectivity index is 2.39. The average Bonchev–Trinajstić information content (AvgIpc) is 2.15. The molecule has 2 atom stereocenters. The highest BCUT2D eigenvalue weighted by molar-refractivity contribution is 7.91. The molecule has 6 heteroatoms. The van der Waals surface area contributed by atoms with Gasteiger partial charge in [0, 0.05) is 12.5 Å². The van der Waals surface area contributed by atoms with E-state index < -0.39 is 9.84 Å². The molecule has 2 unspecified atom stereocenters. The number of rotatable bonds is 4. The molecule has 0 aromatic rings. The van der Waals surface area contributed by atoms with E-state index in [0.29, 0.717) is 19.4 Å². The lowest BCUT2D eigenvalue weighted by Gasteiger charge is -2.23. The zero-order valence-electron chi connectivity index (χ0n) is 9.61. The molecule has 94 valence electrons. The molecule has 0 spiro atoms. The van der Waals surface area contributed by atoms with Crippen LogP contribution in [0.4, 0.5) is 0 Å². The number of carbonyl (C=O) groups is 1. The van der Waals surface area contributed by atoms with Crippen molar-refractivity contribution in [2.24, 2.45) is 11.7 Å². The molecule has 0 radical (unpaired) electrons. The van der Waals surface area contributed by atoms with Crippen LogP contribution in [-0.2, 0) is 14.6 Å². The zero-order valence-corrected chi connectivity index (χ0v) is 10.4. The molecule has 5 nitrogen and oxygen atoms in total. The molecule has 16 heavy (non-hydrogen) atoms. The van der Waals surface area contributed by atoms with Gasteiger partial charge < -0.3 is 11.1 Å². The van der Waals surface area contributed by atoms with Crippen molar-refractivity contribution < 1.29 is 13.2 Å². The molecular weight excluding hydrogens is 228 g/mol. The van der Waals surface area contributed by atoms with Gasteiger partial charge in [-0.25, -0.2) is 8.42 Å². The summed E-state index contributed by atoms with van der Waals surface area (Å²) >= 11 is 0. The maximum Gasteiger partial charge on any atom is 0.220 e. The number of hydrogen-bond donors (Lipinski definition) is 2. The number of sulfone groups is 1. The van der Waals surface area contributed by atoms with Crippen molar-refractivity contribution in [2.75, 3.05) is 18.1 Å². The maximum atomic E-state index is 11.5. The highest BCUT2D eigenvalue weighted by Gasteiger charge is 2.25. The van der Waals surface area contributed by atoms with Crippen molar-refractivity contribution in [3.05, 3.63) is 0 Å². The van der Waals surface area contributed by atoms with E-state index in [2.05, 4.69) is 5.32 Å². The lowest BCUT2D eigenvalue weighted by atomic mass is 10.1. The molecule has 0 bridgehead atoms. The predicted octanol–water partition coefficient (Wildman–Crippen LogP) is -0.335. The van der Waals surface area contributed by atoms with E-state index in [-0.39, 0.29) is 29.4 Å². The molecular formula is C10H20N2O3S. The van der Waals surface area contributed by atoms with Gasteiger partial charge >= 0.3 is 0 Å². The third-order valence-corrected chi connectivity index (χ3v) is 4.59. The highest BCUT2D eigenvalue weighted by Crippen LogP contribution is 2.12. The molecule has 1 saturated heterocycles. The van der Waals surface area contributed by atoms with Crippen LogP contribution < -0.4 is 11.1 Å². The molecule has 1 aliphatic rings. The van der Waals surface area contributed by atoms with Gasteiger partial charge in [-0.15, -0.1) is 0 Å². The highest BCUT2D eigenvalue weighted by atomic mass is 32.2. The Morgan fingerprint density at radius 2 is 2.25 bits per heavy atom. The second kappa shape index (κ2) is 5.63. The van der Waals surface area contributed by atoms with Crippen LogP contribution in [0.5, 0.6) is 0 Å². The fourth-order valence-electron chi connectivity index (χ4n) is 1.82. The van der Waals surface area contributed by atoms with Crippen LogP contribution >= 0.6 is 0 Å². The summed E-state index contributed by atoms with van der Waals surface area (Å²) < 4.78 is 22.7. The summed E-state index contributed by atoms with van der Waals surface area (Å²) in [5, 5.41) is 2.77. The Kier molecular flexibility index (Phi) is 4.73. The first-order valence-electron chi connectivity index (χ1n) is 5.63. The van der Waals surface area contributed by atoms with Crippen molar-refractivity contribution >= 4 is 15.7 Å². The van der Waals surface area contributed by atoms with Gasteiger partial charge in [0.05, 0.1) is 11.5 Å². The number of carbonyl (C=O) groups excluding carboxylic acids is 1. The minimum Gasteiger partial charge on any atom is -0.352 e. The number of hydrogen-bond acceptors (Lipinski definition) is 4. The first kappa shape index (κ1) is 13.4. The normalized spacial score (nSPS) is 26.0. The number of nitrogens with two attached hydrogens (primary N) is 1. The molecule has 1 heterocycles. The van der Waals surface area contributed by atoms with Crippen molar-refractivity contribution in [1.29, 1.82) is 0 Å². The lowest BCUT2D eigenvalue weighted by molar-refractivity contribution is -0.122. The summed E-state index contributed by atoms with van der Waals surface area (Å²) in [6.07, 6.45) is 1.76. The molecule has 1 aliphatic heterocycles. The van der Waals surface area contributed by atoms with E-state index in [0.717, 1.165) is 6.42 Å². The second-order valence-electron chi connectivity index (χ2n) is 4.57. The molecule has 1 rings (SSSR count). The van der Waals surface area contributed by atoms with Crippen LogP contribution in [0.2, 0.25) is 0 Å². The molecule has 3 N–H and O–H groups in total. The van der Waals surface area contributed by atoms with Gasteiger partial charge in [0.25, 0.3) is 0 Å². The third kappa shape index (κ3) is 4.49. The lowest BCUT2D eigenvalue weighted by Crippen LogP contribution is -2.43. The van der Waals surface area contributed by atoms with Gasteiger partial charge in [-0.3, -0.25) is 4.79 Å². The van der Waals surface area contributed by atoms with Gasteiger partial charge in [0.1, 0.15) is 0 Å². The van der Waals surface area contributed by atoms with Crippen molar-refractivity contribution in [2.45, 2.75) is 32.2 Å². The van der Waals surface area contributed by atoms with E-state index in [1.165, 1.54) is 0 Å². The summed E-state index contributed by atoms with van der Waals surface area (Å²) in [5.74, 6) is 0.370. The van der Waals surface area contributed by atoms with E-state index in [9.17, 15) is 13.2 Å². The quantitative estimate of drug-likeness (QED) is 0.712. The molecule has 1 fully saturated rings. The standard InChI is InChI=1S/C10H20N2O3S/c1-8(6-11)5-10(13)12-9-3-2-4-16(14,15)7-9/h8-9H,2-7,11H2,1H3,(H,12,13). The Bertz CT molecular complexity index is 340. The van der Waals surface area contributed by atoms with Crippen LogP contribution in [0.25, 0.3) is 0 Å². The van der Waals surface area contributed by atoms with E-state index in [1.54, 1.807) is 0 Å². The summed E-state index contributed by atoms with van der Waals surface area (Å²) in [6, 6.07) is -0.212. The molecule has 0 aliphatic carbocycles. The Labute approximate surface area is 96.7 Å². The van der Waals surface area contributed by atoms with E-state index in [4.69, 9.17) is 5.73 Å². The Morgan fingerprint density at radius 1 is 1.56 bits per heavy atom. The van der Waals surface area contributed by atoms with E-state index >= 15 is 0 Å². The fraction of sp³-hybridized carbons (Fsp3) is 0.900. The number of nitrogens with one attached hydrogen (secondary N) is 1. The monoisotopic (exact) mass is 248 g/mol. The summed E-state index contributed by atoms with van der Waals surface area (Å²) in [6.45, 7) is 2.37. The first-order valence-corrected chi connectivity index (χ1v) is 7.45. The summed E-state index contributed by atoms with van der Waals surface area (Å²) in [5.41, 5.74) is 5.42. The van der Waals surface area contributed by atoms with Crippen LogP contribution in [0.3, 0.4) is 0 Å². The maximum absolute atomic E-state index is 11.5. The predicted molar refractivity (Wildman–Crippen MR) is 62.7 cm³/mol. The topological polar surface area (TPSA) is 89.3 Å². The van der Waals surface area contributed by atoms with Crippen LogP contribution in [0.15, 0.2) is 0 Å². The van der Waals surface area contributed by atoms with Crippen LogP contribution in [-0.4, -0.2) is 38.4 Å². The Hall–Kier alpha value is -0.620. The van der Waals surface area contributed by atoms with Gasteiger partial charge in [0.2, 0.25) is 5.91 Å². The second-order valence-corrected chi connectivity index (χ2v) is 6.79. The van der Waals surface area contributed by atoms with Crippen LogP contribution in [0.1, 0.15) is 26.2 Å². The van der Waals surface area contributed by atoms with Crippen molar-refractivity contribution in [1.82, 2.24) is 5.32 Å². The molecule has 0 aromatic carbocycles. The first-order chi connectivity index (χ1) is 7.43. The van der Waals surface area contributed by atoms with Crippen molar-refractivity contribution in [3.63, 3.8) is 0 Å². The SMILES string of the molecule is CC(CN)CC(=O)NC1CCCS(=O)(=O)C1. The molecule has 0 saturated carbocycles. The average molecular weight is 248 g/mol. The third-order valence-electron chi connectivity index (χ3n) is 2.76. The van der Waals surface area contributed by atoms with Crippen molar-refractivity contribution in [3.8, 4) is 0 Å². The minimum absolute atomic E-state index is 0.0791.